The fraction of sp³-hybridized carbons (Fsp3) is 0.605. The Bertz CT molecular complexity index is 1660. The number of rotatable bonds is 25. The molecule has 1 saturated heterocycles. The Morgan fingerprint density at radius 1 is 0.897 bits per heavy atom. The number of nitrogens with two attached hydrogens (primary N) is 4. The van der Waals surface area contributed by atoms with Gasteiger partial charge in [-0.3, -0.25) is 43.3 Å². The van der Waals surface area contributed by atoms with E-state index < -0.39 is 120 Å². The maximum atomic E-state index is 13.8. The summed E-state index contributed by atoms with van der Waals surface area (Å²) in [5.74, 6) is -9.43. The number of carbonyl (C=O) groups is 8. The summed E-state index contributed by atoms with van der Waals surface area (Å²) >= 11 is 0. The summed E-state index contributed by atoms with van der Waals surface area (Å²) in [6, 6.07) is 0.427. The van der Waals surface area contributed by atoms with Gasteiger partial charge < -0.3 is 59.1 Å². The van der Waals surface area contributed by atoms with Crippen LogP contribution in [0.4, 0.5) is 0 Å². The minimum atomic E-state index is -1.41. The van der Waals surface area contributed by atoms with E-state index in [1.54, 1.807) is 26.0 Å². The average Bonchev–Trinajstić information content (AvgIpc) is 3.50. The number of carboxylic acids is 1. The van der Waals surface area contributed by atoms with Crippen molar-refractivity contribution in [2.24, 2.45) is 45.7 Å². The number of phenols is 1. The highest BCUT2D eigenvalue weighted by molar-refractivity contribution is 5.97. The van der Waals surface area contributed by atoms with Gasteiger partial charge in [0.2, 0.25) is 29.5 Å². The molecule has 322 valence electrons. The summed E-state index contributed by atoms with van der Waals surface area (Å²) < 4.78 is 0. The molecule has 1 aromatic rings. The molecule has 1 heterocycles. The topological polar surface area (TPSA) is 353 Å². The minimum Gasteiger partial charge on any atom is -0.508 e. The summed E-state index contributed by atoms with van der Waals surface area (Å²) in [7, 11) is 0. The minimum absolute atomic E-state index is 0.0284. The molecule has 0 spiro atoms. The molecule has 1 fully saturated rings. The summed E-state index contributed by atoms with van der Waals surface area (Å²) in [5, 5.41) is 37.6. The zero-order chi connectivity index (χ0) is 43.9. The fourth-order valence-corrected chi connectivity index (χ4v) is 6.42. The normalized spacial score (nSPS) is 17.5. The van der Waals surface area contributed by atoms with Gasteiger partial charge in [-0.1, -0.05) is 26.0 Å². The maximum Gasteiger partial charge on any atom is 0.303 e. The summed E-state index contributed by atoms with van der Waals surface area (Å²) in [6.07, 6.45) is -2.61. The Morgan fingerprint density at radius 2 is 1.53 bits per heavy atom. The van der Waals surface area contributed by atoms with Crippen molar-refractivity contribution in [3.05, 3.63) is 29.8 Å². The van der Waals surface area contributed by atoms with E-state index in [2.05, 4.69) is 20.9 Å². The van der Waals surface area contributed by atoms with Crippen molar-refractivity contribution in [2.75, 3.05) is 13.1 Å². The van der Waals surface area contributed by atoms with Crippen LogP contribution in [0.15, 0.2) is 29.3 Å². The number of aliphatic hydroxyl groups excluding tert-OH is 1. The van der Waals surface area contributed by atoms with Crippen LogP contribution in [-0.4, -0.2) is 123 Å². The van der Waals surface area contributed by atoms with Gasteiger partial charge in [-0.05, 0) is 69.6 Å². The number of amides is 5. The molecule has 14 N–H and O–H groups in total. The Morgan fingerprint density at radius 3 is 2.09 bits per heavy atom. The monoisotopic (exact) mass is 817 g/mol. The first-order valence-electron chi connectivity index (χ1n) is 19.2. The number of phenolic OH excluding ortho intramolecular Hbond substituents is 1. The van der Waals surface area contributed by atoms with Crippen LogP contribution in [0.5, 0.6) is 5.75 Å². The van der Waals surface area contributed by atoms with Gasteiger partial charge in [0.05, 0.1) is 30.1 Å². The molecule has 0 aromatic heterocycles. The second-order valence-electron chi connectivity index (χ2n) is 15.0. The van der Waals surface area contributed by atoms with Crippen molar-refractivity contribution in [1.82, 2.24) is 20.9 Å². The number of hydrogen-bond acceptors (Lipinski definition) is 12. The lowest BCUT2D eigenvalue weighted by Crippen LogP contribution is -2.52. The number of aromatic hydroxyl groups is 1. The maximum absolute atomic E-state index is 13.8. The Labute approximate surface area is 336 Å². The van der Waals surface area contributed by atoms with Gasteiger partial charge in [-0.15, -0.1) is 0 Å². The van der Waals surface area contributed by atoms with Crippen LogP contribution in [0.2, 0.25) is 0 Å². The van der Waals surface area contributed by atoms with Gasteiger partial charge in [-0.25, -0.2) is 0 Å². The van der Waals surface area contributed by atoms with Gasteiger partial charge >= 0.3 is 5.97 Å². The number of carbonyl (C=O) groups excluding carboxylic acids is 7. The number of hydrogen-bond donors (Lipinski definition) is 10. The van der Waals surface area contributed by atoms with Crippen LogP contribution < -0.4 is 38.9 Å². The molecule has 1 aliphatic heterocycles. The van der Waals surface area contributed by atoms with Crippen molar-refractivity contribution < 1.29 is 53.7 Å². The lowest BCUT2D eigenvalue weighted by Gasteiger charge is -2.28. The van der Waals surface area contributed by atoms with E-state index in [1.807, 2.05) is 0 Å². The van der Waals surface area contributed by atoms with Crippen molar-refractivity contribution >= 4 is 53.0 Å². The lowest BCUT2D eigenvalue weighted by molar-refractivity contribution is -0.140. The predicted molar refractivity (Wildman–Crippen MR) is 210 cm³/mol. The first-order chi connectivity index (χ1) is 27.1. The molecule has 0 bridgehead atoms. The van der Waals surface area contributed by atoms with E-state index in [0.29, 0.717) is 12.0 Å². The number of Topliss-reactive ketones (excluding diaryl/α,β-unsaturated/α-hetero) is 2. The SMILES string of the molecule is CC(C)[C@@H](NC(=O)[C@H](CC(=O)[C@@H](Cc1ccc(O)cc1)NC(=O)[C@H](N)CCCN=C(N)N)[C@@H](C)O)C(=O)C[C@H](CCC(=O)O)C(=O)N[C@@H]1CCN([C@H](C)C(N)=O)C1=O. The molecule has 20 heteroatoms. The smallest absolute Gasteiger partial charge is 0.303 e. The molecule has 58 heavy (non-hydrogen) atoms. The largest absolute Gasteiger partial charge is 0.508 e. The van der Waals surface area contributed by atoms with Gasteiger partial charge in [-0.2, -0.15) is 0 Å². The van der Waals surface area contributed by atoms with E-state index in [4.69, 9.17) is 22.9 Å². The number of ketones is 2. The number of benzene rings is 1. The highest BCUT2D eigenvalue weighted by Crippen LogP contribution is 2.22. The van der Waals surface area contributed by atoms with Crippen molar-refractivity contribution in [1.29, 1.82) is 0 Å². The van der Waals surface area contributed by atoms with Crippen LogP contribution >= 0.6 is 0 Å². The molecule has 0 saturated carbocycles. The van der Waals surface area contributed by atoms with E-state index in [9.17, 15) is 53.7 Å². The number of nitrogens with zero attached hydrogens (tertiary/aromatic N) is 2. The van der Waals surface area contributed by atoms with E-state index in [1.165, 1.54) is 30.9 Å². The highest BCUT2D eigenvalue weighted by atomic mass is 16.4. The van der Waals surface area contributed by atoms with E-state index in [-0.39, 0.29) is 50.5 Å². The Kier molecular flexibility index (Phi) is 19.2. The lowest BCUT2D eigenvalue weighted by atomic mass is 9.87. The standard InChI is InChI=1S/C38H59N9O11/c1-19(2)32(30(51)17-23(9-12-31(52)53)34(55)44-27-13-15-47(37(27)58)20(3)33(40)54)46-35(56)25(21(4)48)18-29(50)28(16-22-7-10-24(49)11-8-22)45-36(57)26(39)6-5-14-43-38(41)42/h7-8,10-11,19-21,23,25-28,32,48-49H,5-6,9,12-18,39H2,1-4H3,(H2,40,54)(H,44,55)(H,45,57)(H,46,56)(H,52,53)(H4,41,42,43)/t20-,21-,23+,25-,26-,27-,28-,32-/m1/s1. The Balaban J connectivity index is 2.24. The molecule has 0 aliphatic carbocycles. The van der Waals surface area contributed by atoms with Gasteiger partial charge in [0.25, 0.3) is 0 Å². The second kappa shape index (κ2) is 22.9. The van der Waals surface area contributed by atoms with Crippen LogP contribution in [0, 0.1) is 17.8 Å². The number of nitrogens with one attached hydrogen (secondary N) is 3. The summed E-state index contributed by atoms with van der Waals surface area (Å²) in [5.41, 5.74) is 22.6. The molecule has 1 aliphatic rings. The van der Waals surface area contributed by atoms with E-state index in [0.717, 1.165) is 0 Å². The average molecular weight is 818 g/mol. The number of aliphatic hydroxyl groups is 1. The molecule has 2 rings (SSSR count). The first-order valence-corrected chi connectivity index (χ1v) is 19.2. The molecule has 20 nitrogen and oxygen atoms in total. The number of primary amides is 1. The number of aliphatic imine (C=N–C) groups is 1. The van der Waals surface area contributed by atoms with Gasteiger partial charge in [0.15, 0.2) is 17.5 Å². The molecular formula is C38H59N9O11. The first kappa shape index (κ1) is 48.5. The molecule has 5 amide bonds. The third-order valence-corrected chi connectivity index (χ3v) is 10.00. The number of aliphatic carboxylic acids is 1. The zero-order valence-corrected chi connectivity index (χ0v) is 33.4. The molecule has 8 atom stereocenters. The molecule has 0 radical (unpaired) electrons. The van der Waals surface area contributed by atoms with Crippen LogP contribution in [0.3, 0.4) is 0 Å². The van der Waals surface area contributed by atoms with Crippen molar-refractivity contribution in [3.8, 4) is 5.75 Å². The molecule has 1 aromatic carbocycles. The fourth-order valence-electron chi connectivity index (χ4n) is 6.42. The van der Waals surface area contributed by atoms with Gasteiger partial charge in [0.1, 0.15) is 17.8 Å². The van der Waals surface area contributed by atoms with Crippen LogP contribution in [0.1, 0.15) is 78.2 Å². The second-order valence-corrected chi connectivity index (χ2v) is 15.0. The van der Waals surface area contributed by atoms with Crippen molar-refractivity contribution in [2.45, 2.75) is 115 Å². The third kappa shape index (κ3) is 15.4. The molecule has 0 unspecified atom stereocenters. The number of carboxylic acid groups (broad SMARTS) is 1. The van der Waals surface area contributed by atoms with Crippen LogP contribution in [0.25, 0.3) is 0 Å². The van der Waals surface area contributed by atoms with E-state index >= 15 is 0 Å². The number of guanidine groups is 1. The van der Waals surface area contributed by atoms with Gasteiger partial charge in [0, 0.05) is 38.3 Å². The quantitative estimate of drug-likeness (QED) is 0.0288. The van der Waals surface area contributed by atoms with Crippen LogP contribution in [-0.2, 0) is 44.8 Å². The highest BCUT2D eigenvalue weighted by Gasteiger charge is 2.39. The number of likely N-dealkylation sites (tertiary alicyclic amines) is 1. The Hall–Kier alpha value is -5.63. The summed E-state index contributed by atoms with van der Waals surface area (Å²) in [6.45, 7) is 6.33. The predicted octanol–water partition coefficient (Wildman–Crippen LogP) is -2.07. The third-order valence-electron chi connectivity index (χ3n) is 10.00. The summed E-state index contributed by atoms with van der Waals surface area (Å²) in [4.78, 5) is 109. The molecular weight excluding hydrogens is 758 g/mol. The van der Waals surface area contributed by atoms with Crippen molar-refractivity contribution in [3.63, 3.8) is 0 Å². The zero-order valence-electron chi connectivity index (χ0n) is 33.4.